The van der Waals surface area contributed by atoms with Crippen molar-refractivity contribution in [3.63, 3.8) is 0 Å². The summed E-state index contributed by atoms with van der Waals surface area (Å²) in [6.45, 7) is 0.974. The van der Waals surface area contributed by atoms with Crippen molar-refractivity contribution in [2.24, 2.45) is 10.9 Å². The molecule has 3 rings (SSSR count). The number of carbonyl (C=O) groups is 1. The molecule has 0 spiro atoms. The molecule has 1 saturated heterocycles. The summed E-state index contributed by atoms with van der Waals surface area (Å²) < 4.78 is 31.9. The molecular formula is C17H20N4O5S2. The van der Waals surface area contributed by atoms with Gasteiger partial charge in [0.2, 0.25) is 10.0 Å². The van der Waals surface area contributed by atoms with Crippen molar-refractivity contribution in [1.82, 2.24) is 4.31 Å². The summed E-state index contributed by atoms with van der Waals surface area (Å²) in [6, 6.07) is 7.84. The van der Waals surface area contributed by atoms with Crippen LogP contribution >= 0.6 is 11.3 Å². The van der Waals surface area contributed by atoms with Crippen molar-refractivity contribution in [3.05, 3.63) is 46.7 Å². The normalized spacial score (nSPS) is 15.9. The van der Waals surface area contributed by atoms with Crippen molar-refractivity contribution in [2.75, 3.05) is 38.2 Å². The maximum atomic E-state index is 12.7. The van der Waals surface area contributed by atoms with Gasteiger partial charge in [0, 0.05) is 29.7 Å². The summed E-state index contributed by atoms with van der Waals surface area (Å²) in [6.07, 6.45) is 0. The van der Waals surface area contributed by atoms with Crippen molar-refractivity contribution >= 4 is 38.8 Å². The third kappa shape index (κ3) is 5.07. The summed E-state index contributed by atoms with van der Waals surface area (Å²) in [4.78, 5) is 17.1. The lowest BCUT2D eigenvalue weighted by Crippen LogP contribution is -2.40. The monoisotopic (exact) mass is 424 g/mol. The SMILES string of the molecule is N/C(=N/OCC(=O)Nc1cccc(S(=O)(=O)N2CCOCC2)c1)c1ccsc1. The molecule has 1 aliphatic rings. The van der Waals surface area contributed by atoms with E-state index in [9.17, 15) is 13.2 Å². The Morgan fingerprint density at radius 1 is 1.32 bits per heavy atom. The summed E-state index contributed by atoms with van der Waals surface area (Å²) >= 11 is 1.47. The van der Waals surface area contributed by atoms with Gasteiger partial charge in [0.05, 0.1) is 18.1 Å². The maximum absolute atomic E-state index is 12.7. The van der Waals surface area contributed by atoms with Crippen LogP contribution in [0.4, 0.5) is 5.69 Å². The molecule has 0 bridgehead atoms. The summed E-state index contributed by atoms with van der Waals surface area (Å²) in [5.41, 5.74) is 6.80. The van der Waals surface area contributed by atoms with Gasteiger partial charge in [-0.3, -0.25) is 4.79 Å². The number of amidine groups is 1. The predicted octanol–water partition coefficient (Wildman–Crippen LogP) is 1.04. The number of amides is 1. The van der Waals surface area contributed by atoms with Crippen molar-refractivity contribution in [2.45, 2.75) is 4.90 Å². The molecule has 1 aromatic heterocycles. The van der Waals surface area contributed by atoms with Crippen molar-refractivity contribution in [1.29, 1.82) is 0 Å². The molecule has 1 aliphatic heterocycles. The first-order valence-corrected chi connectivity index (χ1v) is 10.8. The first-order valence-electron chi connectivity index (χ1n) is 8.42. The van der Waals surface area contributed by atoms with Crippen LogP contribution in [0.2, 0.25) is 0 Å². The fraction of sp³-hybridized carbons (Fsp3) is 0.294. The second-order valence-corrected chi connectivity index (χ2v) is 8.57. The number of sulfonamides is 1. The summed E-state index contributed by atoms with van der Waals surface area (Å²) in [7, 11) is -3.64. The van der Waals surface area contributed by atoms with Gasteiger partial charge in [0.15, 0.2) is 12.4 Å². The zero-order valence-corrected chi connectivity index (χ0v) is 16.5. The van der Waals surface area contributed by atoms with E-state index in [2.05, 4.69) is 10.5 Å². The molecule has 9 nitrogen and oxygen atoms in total. The van der Waals surface area contributed by atoms with Gasteiger partial charge in [-0.15, -0.1) is 0 Å². The minimum Gasteiger partial charge on any atom is -0.384 e. The van der Waals surface area contributed by atoms with E-state index in [1.165, 1.54) is 27.8 Å². The van der Waals surface area contributed by atoms with E-state index in [0.717, 1.165) is 0 Å². The highest BCUT2D eigenvalue weighted by molar-refractivity contribution is 7.89. The van der Waals surface area contributed by atoms with Crippen LogP contribution in [0.5, 0.6) is 0 Å². The highest BCUT2D eigenvalue weighted by atomic mass is 32.2. The van der Waals surface area contributed by atoms with Gasteiger partial charge >= 0.3 is 0 Å². The van der Waals surface area contributed by atoms with Gasteiger partial charge in [0.1, 0.15) is 0 Å². The third-order valence-corrected chi connectivity index (χ3v) is 6.48. The molecule has 0 saturated carbocycles. The predicted molar refractivity (Wildman–Crippen MR) is 106 cm³/mol. The van der Waals surface area contributed by atoms with Gasteiger partial charge in [0.25, 0.3) is 5.91 Å². The highest BCUT2D eigenvalue weighted by Crippen LogP contribution is 2.20. The van der Waals surface area contributed by atoms with E-state index in [0.29, 0.717) is 37.6 Å². The van der Waals surface area contributed by atoms with Crippen LogP contribution < -0.4 is 11.1 Å². The van der Waals surface area contributed by atoms with E-state index in [-0.39, 0.29) is 17.3 Å². The largest absolute Gasteiger partial charge is 0.384 e. The van der Waals surface area contributed by atoms with Gasteiger partial charge in [-0.2, -0.15) is 15.6 Å². The lowest BCUT2D eigenvalue weighted by Gasteiger charge is -2.26. The Labute approximate surface area is 166 Å². The number of hydrogen-bond donors (Lipinski definition) is 2. The second-order valence-electron chi connectivity index (χ2n) is 5.85. The zero-order chi connectivity index (χ0) is 20.0. The third-order valence-electron chi connectivity index (χ3n) is 3.90. The number of rotatable bonds is 7. The Hall–Kier alpha value is -2.47. The molecule has 28 heavy (non-hydrogen) atoms. The Bertz CT molecular complexity index is 938. The van der Waals surface area contributed by atoms with Crippen LogP contribution in [0.3, 0.4) is 0 Å². The number of hydrogen-bond acceptors (Lipinski definition) is 7. The Morgan fingerprint density at radius 2 is 2.11 bits per heavy atom. The van der Waals surface area contributed by atoms with Crippen molar-refractivity contribution in [3.8, 4) is 0 Å². The van der Waals surface area contributed by atoms with Gasteiger partial charge in [-0.1, -0.05) is 11.2 Å². The minimum absolute atomic E-state index is 0.104. The molecule has 0 unspecified atom stereocenters. The number of carbonyl (C=O) groups excluding carboxylic acids is 1. The van der Waals surface area contributed by atoms with Crippen LogP contribution in [0, 0.1) is 0 Å². The second kappa shape index (κ2) is 9.15. The molecule has 2 heterocycles. The Kier molecular flexibility index (Phi) is 6.62. The number of nitrogens with two attached hydrogens (primary N) is 1. The zero-order valence-electron chi connectivity index (χ0n) is 14.9. The van der Waals surface area contributed by atoms with E-state index in [1.54, 1.807) is 18.2 Å². The fourth-order valence-electron chi connectivity index (χ4n) is 2.49. The number of ether oxygens (including phenoxy) is 1. The number of nitrogens with zero attached hydrogens (tertiary/aromatic N) is 2. The minimum atomic E-state index is -3.64. The lowest BCUT2D eigenvalue weighted by molar-refractivity contribution is -0.120. The van der Waals surface area contributed by atoms with Crippen LogP contribution in [0.1, 0.15) is 5.56 Å². The van der Waals surface area contributed by atoms with Crippen molar-refractivity contribution < 1.29 is 22.8 Å². The van der Waals surface area contributed by atoms with Gasteiger partial charge < -0.3 is 20.6 Å². The van der Waals surface area contributed by atoms with Crippen LogP contribution in [0.15, 0.2) is 51.1 Å². The standard InChI is InChI=1S/C17H20N4O5S2/c18-17(13-4-9-27-12-13)20-26-11-16(22)19-14-2-1-3-15(10-14)28(23,24)21-5-7-25-8-6-21/h1-4,9-10,12H,5-8,11H2,(H2,18,20)(H,19,22). The smallest absolute Gasteiger partial charge is 0.265 e. The molecule has 1 fully saturated rings. The van der Waals surface area contributed by atoms with Crippen LogP contribution in [-0.4, -0.2) is 57.4 Å². The van der Waals surface area contributed by atoms with E-state index in [1.807, 2.05) is 10.8 Å². The molecule has 0 aliphatic carbocycles. The average Bonchev–Trinajstić information content (AvgIpc) is 3.24. The molecule has 1 aromatic carbocycles. The molecule has 150 valence electrons. The number of morpholine rings is 1. The number of oxime groups is 1. The summed E-state index contributed by atoms with van der Waals surface area (Å²) in [5, 5.41) is 9.94. The lowest BCUT2D eigenvalue weighted by atomic mass is 10.3. The van der Waals surface area contributed by atoms with E-state index >= 15 is 0 Å². The number of thiophene rings is 1. The number of benzene rings is 1. The summed E-state index contributed by atoms with van der Waals surface area (Å²) in [5.74, 6) is -0.310. The highest BCUT2D eigenvalue weighted by Gasteiger charge is 2.26. The van der Waals surface area contributed by atoms with Crippen LogP contribution in [-0.2, 0) is 24.4 Å². The fourth-order valence-corrected chi connectivity index (χ4v) is 4.59. The molecule has 0 radical (unpaired) electrons. The topological polar surface area (TPSA) is 123 Å². The first-order chi connectivity index (χ1) is 13.5. The van der Waals surface area contributed by atoms with E-state index < -0.39 is 15.9 Å². The number of nitrogens with one attached hydrogen (secondary N) is 1. The quantitative estimate of drug-likeness (QED) is 0.389. The number of anilines is 1. The maximum Gasteiger partial charge on any atom is 0.265 e. The average molecular weight is 425 g/mol. The Balaban J connectivity index is 1.59. The van der Waals surface area contributed by atoms with Gasteiger partial charge in [-0.25, -0.2) is 8.42 Å². The Morgan fingerprint density at radius 3 is 2.82 bits per heavy atom. The molecule has 3 N–H and O–H groups in total. The molecule has 2 aromatic rings. The first kappa shape index (κ1) is 20.3. The molecular weight excluding hydrogens is 404 g/mol. The van der Waals surface area contributed by atoms with E-state index in [4.69, 9.17) is 15.3 Å². The molecule has 1 amide bonds. The molecule has 0 atom stereocenters. The van der Waals surface area contributed by atoms with Gasteiger partial charge in [-0.05, 0) is 29.6 Å². The van der Waals surface area contributed by atoms with Crippen LogP contribution in [0.25, 0.3) is 0 Å². The molecule has 11 heteroatoms.